The maximum Gasteiger partial charge on any atom is 0.248 e. The lowest BCUT2D eigenvalue weighted by Crippen LogP contribution is -2.32. The molecule has 0 saturated heterocycles. The summed E-state index contributed by atoms with van der Waals surface area (Å²) in [6.07, 6.45) is 3.53. The first-order valence-electron chi connectivity index (χ1n) is 9.53. The van der Waals surface area contributed by atoms with Crippen molar-refractivity contribution in [3.05, 3.63) is 40.8 Å². The highest BCUT2D eigenvalue weighted by atomic mass is 19.3. The number of nitrogens with one attached hydrogen (secondary N) is 2. The Kier molecular flexibility index (Phi) is 5.87. The molecule has 0 unspecified atom stereocenters. The molecule has 2 heterocycles. The van der Waals surface area contributed by atoms with Crippen molar-refractivity contribution in [3.8, 4) is 0 Å². The Labute approximate surface area is 159 Å². The fourth-order valence-corrected chi connectivity index (χ4v) is 3.24. The lowest BCUT2D eigenvalue weighted by molar-refractivity contribution is -0.0361. The normalized spacial score (nSPS) is 16.9. The van der Waals surface area contributed by atoms with Crippen LogP contribution in [0.5, 0.6) is 0 Å². The van der Waals surface area contributed by atoms with Gasteiger partial charge in [0.15, 0.2) is 0 Å². The van der Waals surface area contributed by atoms with E-state index in [-0.39, 0.29) is 18.9 Å². The predicted molar refractivity (Wildman–Crippen MR) is 103 cm³/mol. The van der Waals surface area contributed by atoms with E-state index in [0.29, 0.717) is 25.3 Å². The molecule has 0 aliphatic heterocycles. The number of hydrogen-bond acceptors (Lipinski definition) is 5. The molecule has 1 aliphatic rings. The molecular formula is C20H27F2N5. The minimum absolute atomic E-state index is 0.0216. The maximum atomic E-state index is 13.4. The lowest BCUT2D eigenvalue weighted by atomic mass is 9.92. The highest BCUT2D eigenvalue weighted by Crippen LogP contribution is 2.34. The van der Waals surface area contributed by atoms with E-state index in [4.69, 9.17) is 0 Å². The van der Waals surface area contributed by atoms with Crippen LogP contribution in [0.25, 0.3) is 0 Å². The Morgan fingerprint density at radius 3 is 2.63 bits per heavy atom. The fourth-order valence-electron chi connectivity index (χ4n) is 3.24. The topological polar surface area (TPSA) is 62.7 Å². The molecule has 0 atom stereocenters. The van der Waals surface area contributed by atoms with Crippen molar-refractivity contribution in [3.63, 3.8) is 0 Å². The first kappa shape index (κ1) is 19.5. The maximum absolute atomic E-state index is 13.4. The molecule has 0 amide bonds. The van der Waals surface area contributed by atoms with E-state index in [1.165, 1.54) is 5.56 Å². The standard InChI is InChI=1S/C20H27F2N5/c1-4-15-7-10-23-17(11-15)12-24-19-25-14(3)13(2)18(27-19)26-16-5-8-20(21,22)9-6-16/h7,10-11,16H,4-6,8-9,12H2,1-3H3,(H2,24,25,26,27). The van der Waals surface area contributed by atoms with E-state index in [0.717, 1.165) is 29.2 Å². The van der Waals surface area contributed by atoms with Crippen LogP contribution in [0.2, 0.25) is 0 Å². The van der Waals surface area contributed by atoms with Gasteiger partial charge in [-0.2, -0.15) is 4.98 Å². The molecule has 3 rings (SSSR count). The molecule has 0 spiro atoms. The van der Waals surface area contributed by atoms with Crippen molar-refractivity contribution >= 4 is 11.8 Å². The summed E-state index contributed by atoms with van der Waals surface area (Å²) < 4.78 is 26.7. The summed E-state index contributed by atoms with van der Waals surface area (Å²) in [5.41, 5.74) is 3.98. The Balaban J connectivity index is 1.68. The molecule has 1 aliphatic carbocycles. The summed E-state index contributed by atoms with van der Waals surface area (Å²) >= 11 is 0. The highest BCUT2D eigenvalue weighted by molar-refractivity contribution is 5.50. The molecule has 0 bridgehead atoms. The fraction of sp³-hybridized carbons (Fsp3) is 0.550. The van der Waals surface area contributed by atoms with Gasteiger partial charge in [0.1, 0.15) is 5.82 Å². The summed E-state index contributed by atoms with van der Waals surface area (Å²) in [5.74, 6) is -1.29. The van der Waals surface area contributed by atoms with E-state index in [1.54, 1.807) is 0 Å². The third kappa shape index (κ3) is 5.11. The molecule has 2 aromatic rings. The van der Waals surface area contributed by atoms with E-state index < -0.39 is 5.92 Å². The quantitative estimate of drug-likeness (QED) is 0.769. The molecule has 0 radical (unpaired) electrons. The first-order chi connectivity index (χ1) is 12.9. The van der Waals surface area contributed by atoms with E-state index in [2.05, 4.69) is 38.6 Å². The van der Waals surface area contributed by atoms with Gasteiger partial charge in [0, 0.05) is 36.3 Å². The van der Waals surface area contributed by atoms with Crippen LogP contribution in [0.3, 0.4) is 0 Å². The van der Waals surface area contributed by atoms with Crippen molar-refractivity contribution in [2.75, 3.05) is 10.6 Å². The SMILES string of the molecule is CCc1ccnc(CNc2nc(C)c(C)c(NC3CCC(F)(F)CC3)n2)c1. The number of aromatic nitrogens is 3. The van der Waals surface area contributed by atoms with Crippen LogP contribution in [-0.4, -0.2) is 26.9 Å². The van der Waals surface area contributed by atoms with Crippen LogP contribution in [0.4, 0.5) is 20.5 Å². The second-order valence-corrected chi connectivity index (χ2v) is 7.24. The summed E-state index contributed by atoms with van der Waals surface area (Å²) in [6, 6.07) is 4.09. The van der Waals surface area contributed by atoms with Crippen LogP contribution in [0.1, 0.15) is 55.1 Å². The van der Waals surface area contributed by atoms with Gasteiger partial charge in [-0.15, -0.1) is 0 Å². The predicted octanol–water partition coefficient (Wildman–Crippen LogP) is 4.65. The number of anilines is 2. The van der Waals surface area contributed by atoms with Gasteiger partial charge in [-0.05, 0) is 50.8 Å². The monoisotopic (exact) mass is 375 g/mol. The van der Waals surface area contributed by atoms with Gasteiger partial charge in [-0.3, -0.25) is 4.98 Å². The molecule has 2 N–H and O–H groups in total. The second-order valence-electron chi connectivity index (χ2n) is 7.24. The molecule has 7 heteroatoms. The zero-order valence-corrected chi connectivity index (χ0v) is 16.1. The zero-order valence-electron chi connectivity index (χ0n) is 16.1. The molecule has 27 heavy (non-hydrogen) atoms. The van der Waals surface area contributed by atoms with Gasteiger partial charge < -0.3 is 10.6 Å². The Morgan fingerprint density at radius 1 is 1.19 bits per heavy atom. The largest absolute Gasteiger partial charge is 0.367 e. The van der Waals surface area contributed by atoms with Crippen molar-refractivity contribution < 1.29 is 8.78 Å². The molecule has 5 nitrogen and oxygen atoms in total. The minimum atomic E-state index is -2.53. The van der Waals surface area contributed by atoms with Crippen molar-refractivity contribution in [1.82, 2.24) is 15.0 Å². The number of hydrogen-bond donors (Lipinski definition) is 2. The van der Waals surface area contributed by atoms with Crippen LogP contribution in [0.15, 0.2) is 18.3 Å². The Bertz CT molecular complexity index is 784. The number of rotatable bonds is 6. The summed E-state index contributed by atoms with van der Waals surface area (Å²) in [7, 11) is 0. The zero-order chi connectivity index (χ0) is 19.4. The Morgan fingerprint density at radius 2 is 1.93 bits per heavy atom. The average molecular weight is 375 g/mol. The lowest BCUT2D eigenvalue weighted by Gasteiger charge is -2.29. The smallest absolute Gasteiger partial charge is 0.248 e. The van der Waals surface area contributed by atoms with Gasteiger partial charge in [-0.25, -0.2) is 13.8 Å². The molecule has 2 aromatic heterocycles. The number of aryl methyl sites for hydroxylation is 2. The van der Waals surface area contributed by atoms with Crippen LogP contribution < -0.4 is 10.6 Å². The van der Waals surface area contributed by atoms with E-state index in [1.807, 2.05) is 26.1 Å². The minimum Gasteiger partial charge on any atom is -0.367 e. The van der Waals surface area contributed by atoms with Crippen molar-refractivity contribution in [2.24, 2.45) is 0 Å². The van der Waals surface area contributed by atoms with E-state index >= 15 is 0 Å². The molecule has 146 valence electrons. The van der Waals surface area contributed by atoms with Gasteiger partial charge in [0.05, 0.1) is 12.2 Å². The van der Waals surface area contributed by atoms with Gasteiger partial charge in [0.2, 0.25) is 11.9 Å². The average Bonchev–Trinajstić information content (AvgIpc) is 2.65. The Hall–Kier alpha value is -2.31. The van der Waals surface area contributed by atoms with E-state index in [9.17, 15) is 8.78 Å². The number of nitrogens with zero attached hydrogens (tertiary/aromatic N) is 3. The number of halogens is 2. The molecular weight excluding hydrogens is 348 g/mol. The van der Waals surface area contributed by atoms with Gasteiger partial charge in [0.25, 0.3) is 0 Å². The summed E-state index contributed by atoms with van der Waals surface area (Å²) in [5, 5.41) is 6.57. The van der Waals surface area contributed by atoms with Gasteiger partial charge in [-0.1, -0.05) is 6.92 Å². The molecule has 1 fully saturated rings. The first-order valence-corrected chi connectivity index (χ1v) is 9.53. The molecule has 0 aromatic carbocycles. The third-order valence-corrected chi connectivity index (χ3v) is 5.16. The van der Waals surface area contributed by atoms with Crippen molar-refractivity contribution in [2.45, 2.75) is 71.4 Å². The van der Waals surface area contributed by atoms with Crippen LogP contribution in [0, 0.1) is 13.8 Å². The molecule has 1 saturated carbocycles. The van der Waals surface area contributed by atoms with Gasteiger partial charge >= 0.3 is 0 Å². The summed E-state index contributed by atoms with van der Waals surface area (Å²) in [6.45, 7) is 6.52. The highest BCUT2D eigenvalue weighted by Gasteiger charge is 2.35. The number of pyridine rings is 1. The van der Waals surface area contributed by atoms with Crippen LogP contribution >= 0.6 is 0 Å². The van der Waals surface area contributed by atoms with Crippen molar-refractivity contribution in [1.29, 1.82) is 0 Å². The summed E-state index contributed by atoms with van der Waals surface area (Å²) in [4.78, 5) is 13.4. The third-order valence-electron chi connectivity index (χ3n) is 5.16. The number of alkyl halides is 2. The second kappa shape index (κ2) is 8.15. The van der Waals surface area contributed by atoms with Crippen LogP contribution in [-0.2, 0) is 13.0 Å².